The third-order valence-electron chi connectivity index (χ3n) is 2.53. The molecule has 1 rings (SSSR count). The van der Waals surface area contributed by atoms with Crippen molar-refractivity contribution in [2.24, 2.45) is 0 Å². The van der Waals surface area contributed by atoms with Gasteiger partial charge in [0, 0.05) is 6.04 Å². The number of nitrogens with one attached hydrogen (secondary N) is 1. The first-order valence-electron chi connectivity index (χ1n) is 5.41. The fourth-order valence-electron chi connectivity index (χ4n) is 1.46. The van der Waals surface area contributed by atoms with E-state index in [1.54, 1.807) is 6.07 Å². The molecule has 0 heterocycles. The van der Waals surface area contributed by atoms with Crippen molar-refractivity contribution in [3.63, 3.8) is 0 Å². The number of hydrogen-bond donors (Lipinski definition) is 1. The molecular formula is C13H17F2N. The summed E-state index contributed by atoms with van der Waals surface area (Å²) in [5.74, 6) is -1.62. The third-order valence-corrected chi connectivity index (χ3v) is 2.53. The first kappa shape index (κ1) is 12.8. The Kier molecular flexibility index (Phi) is 4.62. The van der Waals surface area contributed by atoms with Crippen molar-refractivity contribution in [1.82, 2.24) is 5.32 Å². The van der Waals surface area contributed by atoms with Gasteiger partial charge in [0.25, 0.3) is 0 Å². The Morgan fingerprint density at radius 3 is 2.62 bits per heavy atom. The lowest BCUT2D eigenvalue weighted by atomic mass is 10.1. The molecule has 0 radical (unpaired) electrons. The fraction of sp³-hybridized carbons (Fsp3) is 0.385. The highest BCUT2D eigenvalue weighted by atomic mass is 19.2. The molecule has 0 amide bonds. The van der Waals surface area contributed by atoms with E-state index in [1.807, 2.05) is 26.8 Å². The summed E-state index contributed by atoms with van der Waals surface area (Å²) in [6.07, 6.45) is 1.86. The number of hydrogen-bond acceptors (Lipinski definition) is 1. The zero-order valence-corrected chi connectivity index (χ0v) is 9.85. The highest BCUT2D eigenvalue weighted by Crippen LogP contribution is 2.13. The van der Waals surface area contributed by atoms with E-state index in [4.69, 9.17) is 0 Å². The lowest BCUT2D eigenvalue weighted by molar-refractivity contribution is 0.508. The second kappa shape index (κ2) is 5.75. The molecule has 1 nitrogen and oxygen atoms in total. The summed E-state index contributed by atoms with van der Waals surface area (Å²) in [6, 6.07) is 4.16. The maximum atomic E-state index is 13.0. The molecule has 0 fully saturated rings. The van der Waals surface area contributed by atoms with Gasteiger partial charge in [0.05, 0.1) is 0 Å². The fourth-order valence-corrected chi connectivity index (χ4v) is 1.46. The van der Waals surface area contributed by atoms with E-state index in [9.17, 15) is 8.78 Å². The Morgan fingerprint density at radius 1 is 1.38 bits per heavy atom. The minimum atomic E-state index is -0.811. The quantitative estimate of drug-likeness (QED) is 0.828. The highest BCUT2D eigenvalue weighted by Gasteiger charge is 2.04. The smallest absolute Gasteiger partial charge is 0.159 e. The van der Waals surface area contributed by atoms with Gasteiger partial charge in [-0.3, -0.25) is 0 Å². The van der Waals surface area contributed by atoms with Gasteiger partial charge in [-0.1, -0.05) is 24.6 Å². The van der Waals surface area contributed by atoms with E-state index in [0.717, 1.165) is 18.2 Å². The van der Waals surface area contributed by atoms with Crippen LogP contribution in [0.15, 0.2) is 23.8 Å². The monoisotopic (exact) mass is 225 g/mol. The number of likely N-dealkylation sites (N-methyl/N-ethyl adjacent to an activating group) is 1. The molecular weight excluding hydrogens is 208 g/mol. The average Bonchev–Trinajstić information content (AvgIpc) is 2.24. The second-order valence-corrected chi connectivity index (χ2v) is 3.84. The summed E-state index contributed by atoms with van der Waals surface area (Å²) >= 11 is 0. The summed E-state index contributed by atoms with van der Waals surface area (Å²) in [7, 11) is 0. The summed E-state index contributed by atoms with van der Waals surface area (Å²) in [4.78, 5) is 0. The molecule has 88 valence electrons. The summed E-state index contributed by atoms with van der Waals surface area (Å²) in [6.45, 7) is 6.91. The van der Waals surface area contributed by atoms with Gasteiger partial charge in [-0.25, -0.2) is 8.78 Å². The molecule has 0 aliphatic carbocycles. The largest absolute Gasteiger partial charge is 0.311 e. The predicted octanol–water partition coefficient (Wildman–Crippen LogP) is 3.37. The molecule has 1 aromatic rings. The number of rotatable bonds is 4. The van der Waals surface area contributed by atoms with Crippen LogP contribution in [-0.2, 0) is 0 Å². The first-order chi connectivity index (χ1) is 7.54. The molecule has 0 saturated heterocycles. The van der Waals surface area contributed by atoms with Crippen LogP contribution in [0, 0.1) is 11.6 Å². The minimum Gasteiger partial charge on any atom is -0.311 e. The van der Waals surface area contributed by atoms with Crippen molar-refractivity contribution in [2.75, 3.05) is 6.54 Å². The van der Waals surface area contributed by atoms with E-state index in [2.05, 4.69) is 5.32 Å². The standard InChI is InChI=1S/C13H17F2N/c1-4-16-10(3)9(2)7-11-5-6-12(14)13(15)8-11/h5-8,10,16H,4H2,1-3H3/b9-7+. The Balaban J connectivity index is 2.85. The van der Waals surface area contributed by atoms with E-state index in [1.165, 1.54) is 6.07 Å². The second-order valence-electron chi connectivity index (χ2n) is 3.84. The average molecular weight is 225 g/mol. The topological polar surface area (TPSA) is 12.0 Å². The van der Waals surface area contributed by atoms with Crippen LogP contribution in [0.5, 0.6) is 0 Å². The van der Waals surface area contributed by atoms with Crippen molar-refractivity contribution in [1.29, 1.82) is 0 Å². The van der Waals surface area contributed by atoms with E-state index in [-0.39, 0.29) is 6.04 Å². The maximum Gasteiger partial charge on any atom is 0.159 e. The molecule has 0 bridgehead atoms. The van der Waals surface area contributed by atoms with E-state index in [0.29, 0.717) is 5.56 Å². The molecule has 0 aliphatic rings. The molecule has 1 N–H and O–H groups in total. The molecule has 0 aromatic heterocycles. The Labute approximate surface area is 95.2 Å². The van der Waals surface area contributed by atoms with Gasteiger partial charge in [0.15, 0.2) is 11.6 Å². The van der Waals surface area contributed by atoms with Crippen molar-refractivity contribution in [3.05, 3.63) is 41.0 Å². The number of benzene rings is 1. The van der Waals surface area contributed by atoms with Crippen LogP contribution in [-0.4, -0.2) is 12.6 Å². The van der Waals surface area contributed by atoms with Crippen LogP contribution in [0.4, 0.5) is 8.78 Å². The summed E-state index contributed by atoms with van der Waals surface area (Å²) in [5.41, 5.74) is 1.77. The van der Waals surface area contributed by atoms with Gasteiger partial charge >= 0.3 is 0 Å². The predicted molar refractivity (Wildman–Crippen MR) is 63.1 cm³/mol. The molecule has 0 aliphatic heterocycles. The maximum absolute atomic E-state index is 13.0. The molecule has 0 saturated carbocycles. The lowest BCUT2D eigenvalue weighted by Gasteiger charge is -2.12. The lowest BCUT2D eigenvalue weighted by Crippen LogP contribution is -2.26. The van der Waals surface area contributed by atoms with Gasteiger partial charge in [-0.05, 0) is 38.1 Å². The van der Waals surface area contributed by atoms with Crippen LogP contribution >= 0.6 is 0 Å². The van der Waals surface area contributed by atoms with Crippen LogP contribution in [0.3, 0.4) is 0 Å². The Morgan fingerprint density at radius 2 is 2.06 bits per heavy atom. The van der Waals surface area contributed by atoms with Crippen LogP contribution in [0.2, 0.25) is 0 Å². The van der Waals surface area contributed by atoms with E-state index < -0.39 is 11.6 Å². The molecule has 1 atom stereocenters. The van der Waals surface area contributed by atoms with Gasteiger partial charge in [-0.15, -0.1) is 0 Å². The van der Waals surface area contributed by atoms with Crippen molar-refractivity contribution in [2.45, 2.75) is 26.8 Å². The Hall–Kier alpha value is -1.22. The zero-order chi connectivity index (χ0) is 12.1. The number of halogens is 2. The summed E-state index contributed by atoms with van der Waals surface area (Å²) in [5, 5.41) is 3.26. The zero-order valence-electron chi connectivity index (χ0n) is 9.85. The van der Waals surface area contributed by atoms with Gasteiger partial charge in [-0.2, -0.15) is 0 Å². The van der Waals surface area contributed by atoms with Crippen LogP contribution in [0.1, 0.15) is 26.3 Å². The molecule has 1 unspecified atom stereocenters. The van der Waals surface area contributed by atoms with E-state index >= 15 is 0 Å². The Bertz CT molecular complexity index is 386. The van der Waals surface area contributed by atoms with Gasteiger partial charge in [0.2, 0.25) is 0 Å². The first-order valence-corrected chi connectivity index (χ1v) is 5.41. The van der Waals surface area contributed by atoms with Crippen LogP contribution in [0.25, 0.3) is 6.08 Å². The summed E-state index contributed by atoms with van der Waals surface area (Å²) < 4.78 is 25.7. The molecule has 1 aromatic carbocycles. The highest BCUT2D eigenvalue weighted by molar-refractivity contribution is 5.53. The van der Waals surface area contributed by atoms with Gasteiger partial charge in [0.1, 0.15) is 0 Å². The molecule has 0 spiro atoms. The normalized spacial score (nSPS) is 13.9. The van der Waals surface area contributed by atoms with Crippen molar-refractivity contribution < 1.29 is 8.78 Å². The van der Waals surface area contributed by atoms with Gasteiger partial charge < -0.3 is 5.32 Å². The third kappa shape index (κ3) is 3.42. The van der Waals surface area contributed by atoms with Crippen molar-refractivity contribution >= 4 is 6.08 Å². The SMILES string of the molecule is CCNC(C)/C(C)=C/c1ccc(F)c(F)c1. The van der Waals surface area contributed by atoms with Crippen molar-refractivity contribution in [3.8, 4) is 0 Å². The molecule has 3 heteroatoms. The molecule has 16 heavy (non-hydrogen) atoms. The minimum absolute atomic E-state index is 0.234. The van der Waals surface area contributed by atoms with Crippen LogP contribution < -0.4 is 5.32 Å².